The molecule has 0 fully saturated rings. The summed E-state index contributed by atoms with van der Waals surface area (Å²) in [4.78, 5) is 0. The summed E-state index contributed by atoms with van der Waals surface area (Å²) in [5.74, 6) is 0. The fourth-order valence-electron chi connectivity index (χ4n) is 0.887. The molecule has 1 aromatic rings. The minimum atomic E-state index is 0. The van der Waals surface area contributed by atoms with Crippen molar-refractivity contribution in [3.8, 4) is 0 Å². The second kappa shape index (κ2) is 5.88. The van der Waals surface area contributed by atoms with Gasteiger partial charge in [-0.1, -0.05) is 20.8 Å². The van der Waals surface area contributed by atoms with Crippen molar-refractivity contribution in [3.05, 3.63) is 35.9 Å². The Balaban J connectivity index is 0. The van der Waals surface area contributed by atoms with Crippen molar-refractivity contribution < 1.29 is 19.5 Å². The third-order valence-electron chi connectivity index (χ3n) is 1.58. The molecule has 0 aromatic heterocycles. The third kappa shape index (κ3) is 4.37. The van der Waals surface area contributed by atoms with E-state index in [2.05, 4.69) is 39.0 Å². The molecular weight excluding hydrogens is 265 g/mol. The zero-order valence-corrected chi connectivity index (χ0v) is 12.6. The molecule has 12 heavy (non-hydrogen) atoms. The first-order valence-corrected chi connectivity index (χ1v) is 3.57. The SMILES string of the molecule is Br.CC(C)(C)c1cc[c-]cc1.[Zn]. The number of hydrogen-bond donors (Lipinski definition) is 0. The van der Waals surface area contributed by atoms with E-state index in [4.69, 9.17) is 0 Å². The molecule has 0 aliphatic carbocycles. The minimum Gasteiger partial charge on any atom is -0.184 e. The van der Waals surface area contributed by atoms with Crippen LogP contribution in [0.1, 0.15) is 26.3 Å². The van der Waals surface area contributed by atoms with Crippen LogP contribution in [0.5, 0.6) is 0 Å². The smallest absolute Gasteiger partial charge is 0 e. The number of benzene rings is 1. The van der Waals surface area contributed by atoms with Crippen molar-refractivity contribution in [3.63, 3.8) is 0 Å². The van der Waals surface area contributed by atoms with Gasteiger partial charge in [0.05, 0.1) is 0 Å². The molecule has 0 aliphatic rings. The zero-order chi connectivity index (χ0) is 7.61. The Morgan fingerprint density at radius 2 is 1.50 bits per heavy atom. The van der Waals surface area contributed by atoms with Crippen molar-refractivity contribution in [2.24, 2.45) is 0 Å². The molecule has 0 atom stereocenters. The van der Waals surface area contributed by atoms with Crippen LogP contribution in [0.4, 0.5) is 0 Å². The van der Waals surface area contributed by atoms with Crippen LogP contribution in [-0.4, -0.2) is 0 Å². The van der Waals surface area contributed by atoms with Crippen molar-refractivity contribution in [1.29, 1.82) is 0 Å². The van der Waals surface area contributed by atoms with Gasteiger partial charge in [-0.05, 0) is 5.41 Å². The molecule has 0 bridgehead atoms. The molecule has 0 N–H and O–H groups in total. The van der Waals surface area contributed by atoms with Gasteiger partial charge in [0.15, 0.2) is 0 Å². The van der Waals surface area contributed by atoms with E-state index in [1.165, 1.54) is 5.56 Å². The summed E-state index contributed by atoms with van der Waals surface area (Å²) >= 11 is 0. The predicted octanol–water partition coefficient (Wildman–Crippen LogP) is 3.36. The van der Waals surface area contributed by atoms with Crippen LogP contribution in [-0.2, 0) is 24.9 Å². The van der Waals surface area contributed by atoms with Crippen LogP contribution in [0.25, 0.3) is 0 Å². The van der Waals surface area contributed by atoms with Crippen LogP contribution in [0, 0.1) is 6.07 Å². The summed E-state index contributed by atoms with van der Waals surface area (Å²) in [6.07, 6.45) is 0. The predicted molar refractivity (Wildman–Crippen MR) is 54.3 cm³/mol. The van der Waals surface area contributed by atoms with Gasteiger partial charge in [-0.25, -0.2) is 0 Å². The molecule has 0 saturated heterocycles. The van der Waals surface area contributed by atoms with E-state index in [0.29, 0.717) is 0 Å². The fraction of sp³-hybridized carbons (Fsp3) is 0.400. The fourth-order valence-corrected chi connectivity index (χ4v) is 0.887. The van der Waals surface area contributed by atoms with Crippen LogP contribution in [0.15, 0.2) is 24.3 Å². The summed E-state index contributed by atoms with van der Waals surface area (Å²) in [7, 11) is 0. The van der Waals surface area contributed by atoms with Gasteiger partial charge < -0.3 is 0 Å². The van der Waals surface area contributed by atoms with Gasteiger partial charge >= 0.3 is 0 Å². The molecule has 0 aliphatic heterocycles. The van der Waals surface area contributed by atoms with Gasteiger partial charge in [-0.3, -0.25) is 0 Å². The van der Waals surface area contributed by atoms with Gasteiger partial charge in [0.2, 0.25) is 0 Å². The maximum absolute atomic E-state index is 3.00. The first kappa shape index (κ1) is 14.8. The van der Waals surface area contributed by atoms with Crippen molar-refractivity contribution in [2.75, 3.05) is 0 Å². The van der Waals surface area contributed by atoms with Gasteiger partial charge in [-0.2, -0.15) is 35.9 Å². The molecular formula is C10H14BrZn-. The Bertz CT molecular complexity index is 201. The average molecular weight is 280 g/mol. The molecule has 0 nitrogen and oxygen atoms in total. The first-order valence-electron chi connectivity index (χ1n) is 3.57. The van der Waals surface area contributed by atoms with E-state index < -0.39 is 0 Å². The standard InChI is InChI=1S/C10H13.BrH.Zn/c1-10(2,3)9-7-5-4-6-8-9;;/h5-8H,1-3H3;1H;/q-1;;. The van der Waals surface area contributed by atoms with Crippen molar-refractivity contribution >= 4 is 17.0 Å². The summed E-state index contributed by atoms with van der Waals surface area (Å²) in [5, 5.41) is 0. The number of hydrogen-bond acceptors (Lipinski definition) is 0. The monoisotopic (exact) mass is 277 g/mol. The topological polar surface area (TPSA) is 0 Å². The largest absolute Gasteiger partial charge is 0.184 e. The van der Waals surface area contributed by atoms with Gasteiger partial charge in [-0.15, -0.1) is 17.0 Å². The van der Waals surface area contributed by atoms with E-state index in [1.807, 2.05) is 12.1 Å². The van der Waals surface area contributed by atoms with Crippen molar-refractivity contribution in [2.45, 2.75) is 26.2 Å². The molecule has 1 rings (SSSR count). The first-order chi connectivity index (χ1) is 4.61. The molecule has 64 valence electrons. The van der Waals surface area contributed by atoms with Crippen LogP contribution < -0.4 is 0 Å². The average Bonchev–Trinajstić information content (AvgIpc) is 1.88. The normalized spacial score (nSPS) is 9.58. The molecule has 0 spiro atoms. The van der Waals surface area contributed by atoms with Gasteiger partial charge in [0.1, 0.15) is 0 Å². The van der Waals surface area contributed by atoms with Gasteiger partial charge in [0.25, 0.3) is 0 Å². The minimum absolute atomic E-state index is 0. The van der Waals surface area contributed by atoms with Crippen molar-refractivity contribution in [1.82, 2.24) is 0 Å². The Morgan fingerprint density at radius 1 is 1.08 bits per heavy atom. The summed E-state index contributed by atoms with van der Waals surface area (Å²) in [6.45, 7) is 6.63. The van der Waals surface area contributed by atoms with E-state index >= 15 is 0 Å². The molecule has 2 heteroatoms. The maximum atomic E-state index is 3.00. The Labute approximate surface area is 98.3 Å². The number of halogens is 1. The molecule has 0 unspecified atom stereocenters. The van der Waals surface area contributed by atoms with E-state index in [0.717, 1.165) is 0 Å². The quantitative estimate of drug-likeness (QED) is 0.505. The second-order valence-electron chi connectivity index (χ2n) is 3.54. The van der Waals surface area contributed by atoms with Crippen LogP contribution in [0.2, 0.25) is 0 Å². The van der Waals surface area contributed by atoms with Crippen LogP contribution >= 0.6 is 17.0 Å². The molecule has 0 saturated carbocycles. The maximum Gasteiger partial charge on any atom is 0 e. The van der Waals surface area contributed by atoms with E-state index in [9.17, 15) is 0 Å². The number of rotatable bonds is 0. The Hall–Kier alpha value is 0.323. The third-order valence-corrected chi connectivity index (χ3v) is 1.58. The zero-order valence-electron chi connectivity index (χ0n) is 7.92. The second-order valence-corrected chi connectivity index (χ2v) is 3.54. The van der Waals surface area contributed by atoms with E-state index in [1.54, 1.807) is 0 Å². The summed E-state index contributed by atoms with van der Waals surface area (Å²) < 4.78 is 0. The molecule has 0 heterocycles. The summed E-state index contributed by atoms with van der Waals surface area (Å²) in [6, 6.07) is 11.1. The Morgan fingerprint density at radius 3 is 1.75 bits per heavy atom. The molecule has 0 radical (unpaired) electrons. The van der Waals surface area contributed by atoms with E-state index in [-0.39, 0.29) is 41.9 Å². The Kier molecular flexibility index (Phi) is 7.27. The molecule has 1 aromatic carbocycles. The molecule has 0 amide bonds. The van der Waals surface area contributed by atoms with Gasteiger partial charge in [0, 0.05) is 19.5 Å². The van der Waals surface area contributed by atoms with Crippen LogP contribution in [0.3, 0.4) is 0 Å². The summed E-state index contributed by atoms with van der Waals surface area (Å²) in [5.41, 5.74) is 1.64.